The molecule has 1 N–H and O–H groups in total. The highest BCUT2D eigenvalue weighted by Gasteiger charge is 2.22. The van der Waals surface area contributed by atoms with Gasteiger partial charge in [0.25, 0.3) is 0 Å². The summed E-state index contributed by atoms with van der Waals surface area (Å²) in [5.41, 5.74) is 1.15. The molecule has 3 heterocycles. The summed E-state index contributed by atoms with van der Waals surface area (Å²) < 4.78 is 2.11. The van der Waals surface area contributed by atoms with Crippen LogP contribution < -0.4 is 10.2 Å². The number of aromatic nitrogens is 4. The van der Waals surface area contributed by atoms with Gasteiger partial charge in [-0.3, -0.25) is 0 Å². The van der Waals surface area contributed by atoms with Gasteiger partial charge in [0.05, 0.1) is 12.2 Å². The zero-order chi connectivity index (χ0) is 12.7. The maximum absolute atomic E-state index is 4.72. The van der Waals surface area contributed by atoms with Crippen LogP contribution >= 0.6 is 11.3 Å². The van der Waals surface area contributed by atoms with Gasteiger partial charge in [-0.2, -0.15) is 0 Å². The highest BCUT2D eigenvalue weighted by atomic mass is 32.1. The average Bonchev–Trinajstić information content (AvgIpc) is 2.96. The van der Waals surface area contributed by atoms with E-state index in [0.29, 0.717) is 0 Å². The summed E-state index contributed by atoms with van der Waals surface area (Å²) in [4.78, 5) is 7.00. The lowest BCUT2D eigenvalue weighted by Crippen LogP contribution is -2.33. The number of fused-ring (bicyclic) bond motifs is 1. The van der Waals surface area contributed by atoms with E-state index in [1.54, 1.807) is 17.7 Å². The molecule has 2 aromatic heterocycles. The van der Waals surface area contributed by atoms with Crippen molar-refractivity contribution in [1.29, 1.82) is 0 Å². The van der Waals surface area contributed by atoms with Crippen molar-refractivity contribution in [3.8, 4) is 0 Å². The Kier molecular flexibility index (Phi) is 2.73. The Morgan fingerprint density at radius 3 is 3.21 bits per heavy atom. The lowest BCUT2D eigenvalue weighted by atomic mass is 10.4. The van der Waals surface area contributed by atoms with Crippen LogP contribution in [0.4, 0.5) is 5.13 Å². The van der Waals surface area contributed by atoms with E-state index in [2.05, 4.69) is 30.4 Å². The predicted molar refractivity (Wildman–Crippen MR) is 73.0 cm³/mol. The van der Waals surface area contributed by atoms with Crippen LogP contribution in [0.25, 0.3) is 0 Å². The summed E-state index contributed by atoms with van der Waals surface area (Å²) in [7, 11) is 0. The Hall–Kier alpha value is -1.47. The number of thiazole rings is 1. The second-order valence-corrected chi connectivity index (χ2v) is 5.98. The van der Waals surface area contributed by atoms with E-state index in [9.17, 15) is 0 Å². The third-order valence-corrected chi connectivity index (χ3v) is 4.55. The van der Waals surface area contributed by atoms with Gasteiger partial charge in [0.1, 0.15) is 6.33 Å². The molecule has 6 nitrogen and oxygen atoms in total. The van der Waals surface area contributed by atoms with E-state index in [4.69, 9.17) is 4.98 Å². The fraction of sp³-hybridized carbons (Fsp3) is 0.583. The molecular weight excluding hydrogens is 260 g/mol. The predicted octanol–water partition coefficient (Wildman–Crippen LogP) is 1.01. The summed E-state index contributed by atoms with van der Waals surface area (Å²) in [6.45, 7) is 3.62. The van der Waals surface area contributed by atoms with Gasteiger partial charge in [0.15, 0.2) is 11.0 Å². The van der Waals surface area contributed by atoms with Crippen molar-refractivity contribution in [1.82, 2.24) is 25.1 Å². The third kappa shape index (κ3) is 2.35. The topological polar surface area (TPSA) is 58.9 Å². The van der Waals surface area contributed by atoms with Crippen LogP contribution in [0.3, 0.4) is 0 Å². The van der Waals surface area contributed by atoms with Crippen molar-refractivity contribution >= 4 is 16.5 Å². The lowest BCUT2D eigenvalue weighted by Gasteiger charge is -2.26. The Morgan fingerprint density at radius 2 is 2.32 bits per heavy atom. The van der Waals surface area contributed by atoms with Crippen molar-refractivity contribution in [2.75, 3.05) is 11.4 Å². The van der Waals surface area contributed by atoms with Crippen LogP contribution in [-0.4, -0.2) is 32.3 Å². The van der Waals surface area contributed by atoms with Crippen LogP contribution in [0.1, 0.15) is 24.4 Å². The number of hydrogen-bond donors (Lipinski definition) is 1. The molecule has 0 unspecified atom stereocenters. The Bertz CT molecular complexity index is 572. The van der Waals surface area contributed by atoms with E-state index in [1.807, 2.05) is 0 Å². The van der Waals surface area contributed by atoms with Crippen LogP contribution in [-0.2, 0) is 19.6 Å². The summed E-state index contributed by atoms with van der Waals surface area (Å²) in [5.74, 6) is 1.03. The van der Waals surface area contributed by atoms with Gasteiger partial charge in [-0.25, -0.2) is 4.98 Å². The number of anilines is 1. The molecule has 1 saturated carbocycles. The summed E-state index contributed by atoms with van der Waals surface area (Å²) >= 11 is 1.72. The minimum Gasteiger partial charge on any atom is -0.339 e. The molecule has 0 aromatic carbocycles. The van der Waals surface area contributed by atoms with Gasteiger partial charge in [-0.05, 0) is 12.8 Å². The van der Waals surface area contributed by atoms with Gasteiger partial charge in [0, 0.05) is 31.1 Å². The Balaban J connectivity index is 1.44. The first kappa shape index (κ1) is 11.4. The molecule has 1 aliphatic carbocycles. The van der Waals surface area contributed by atoms with Crippen LogP contribution in [0.5, 0.6) is 0 Å². The smallest absolute Gasteiger partial charge is 0.186 e. The molecule has 100 valence electrons. The number of hydrogen-bond acceptors (Lipinski definition) is 6. The maximum Gasteiger partial charge on any atom is 0.186 e. The Labute approximate surface area is 115 Å². The van der Waals surface area contributed by atoms with Crippen LogP contribution in [0, 0.1) is 0 Å². The monoisotopic (exact) mass is 276 g/mol. The first-order valence-corrected chi connectivity index (χ1v) is 7.56. The average molecular weight is 276 g/mol. The van der Waals surface area contributed by atoms with E-state index in [0.717, 1.165) is 48.9 Å². The van der Waals surface area contributed by atoms with Crippen molar-refractivity contribution in [2.24, 2.45) is 0 Å². The summed E-state index contributed by atoms with van der Waals surface area (Å²) in [5, 5.41) is 14.9. The zero-order valence-corrected chi connectivity index (χ0v) is 11.4. The van der Waals surface area contributed by atoms with E-state index in [1.165, 1.54) is 12.8 Å². The standard InChI is InChI=1S/C12H16N6S/c1-2-9(1)13-5-10-7-19-12(15-10)17-3-4-18-8-14-16-11(18)6-17/h7-9,13H,1-6H2. The molecule has 2 aromatic rings. The highest BCUT2D eigenvalue weighted by Crippen LogP contribution is 2.25. The molecule has 0 bridgehead atoms. The largest absolute Gasteiger partial charge is 0.339 e. The van der Waals surface area contributed by atoms with Crippen LogP contribution in [0.15, 0.2) is 11.7 Å². The molecule has 1 aliphatic heterocycles. The number of nitrogens with one attached hydrogen (secondary N) is 1. The van der Waals surface area contributed by atoms with Crippen molar-refractivity contribution in [2.45, 2.75) is 38.5 Å². The molecule has 0 atom stereocenters. The van der Waals surface area contributed by atoms with Gasteiger partial charge in [0.2, 0.25) is 0 Å². The highest BCUT2D eigenvalue weighted by molar-refractivity contribution is 7.13. The van der Waals surface area contributed by atoms with E-state index < -0.39 is 0 Å². The molecule has 0 amide bonds. The molecule has 4 rings (SSSR count). The molecule has 19 heavy (non-hydrogen) atoms. The lowest BCUT2D eigenvalue weighted by molar-refractivity contribution is 0.558. The number of rotatable bonds is 4. The zero-order valence-electron chi connectivity index (χ0n) is 10.6. The van der Waals surface area contributed by atoms with Gasteiger partial charge in [-0.15, -0.1) is 21.5 Å². The van der Waals surface area contributed by atoms with E-state index >= 15 is 0 Å². The quantitative estimate of drug-likeness (QED) is 0.903. The van der Waals surface area contributed by atoms with Crippen LogP contribution in [0.2, 0.25) is 0 Å². The second kappa shape index (κ2) is 4.57. The molecule has 0 saturated heterocycles. The first-order valence-electron chi connectivity index (χ1n) is 6.68. The maximum atomic E-state index is 4.72. The molecule has 0 radical (unpaired) electrons. The van der Waals surface area contributed by atoms with E-state index in [-0.39, 0.29) is 0 Å². The summed E-state index contributed by atoms with van der Waals surface area (Å²) in [6.07, 6.45) is 4.44. The van der Waals surface area contributed by atoms with Crippen molar-refractivity contribution in [3.05, 3.63) is 23.2 Å². The van der Waals surface area contributed by atoms with Gasteiger partial charge in [-0.1, -0.05) is 0 Å². The SMILES string of the molecule is c1sc(N2CCn3cnnc3C2)nc1CNC1CC1. The molecule has 0 spiro atoms. The third-order valence-electron chi connectivity index (χ3n) is 3.60. The molecular formula is C12H16N6S. The minimum absolute atomic E-state index is 0.735. The second-order valence-electron chi connectivity index (χ2n) is 5.14. The van der Waals surface area contributed by atoms with Crippen molar-refractivity contribution < 1.29 is 0 Å². The minimum atomic E-state index is 0.735. The number of nitrogens with zero attached hydrogens (tertiary/aromatic N) is 5. The van der Waals surface area contributed by atoms with Gasteiger partial charge < -0.3 is 14.8 Å². The fourth-order valence-corrected chi connectivity index (χ4v) is 3.14. The van der Waals surface area contributed by atoms with Crippen molar-refractivity contribution in [3.63, 3.8) is 0 Å². The Morgan fingerprint density at radius 1 is 1.37 bits per heavy atom. The first-order chi connectivity index (χ1) is 9.38. The fourth-order valence-electron chi connectivity index (χ4n) is 2.29. The molecule has 7 heteroatoms. The normalized spacial score (nSPS) is 18.6. The molecule has 1 fully saturated rings. The molecule has 2 aliphatic rings. The summed E-state index contributed by atoms with van der Waals surface area (Å²) in [6, 6.07) is 0.735. The van der Waals surface area contributed by atoms with Gasteiger partial charge >= 0.3 is 0 Å².